The van der Waals surface area contributed by atoms with Crippen LogP contribution < -0.4 is 10.5 Å². The second-order valence-corrected chi connectivity index (χ2v) is 5.67. The lowest BCUT2D eigenvalue weighted by atomic mass is 10.2. The Labute approximate surface area is 108 Å². The van der Waals surface area contributed by atoms with Gasteiger partial charge in [0.1, 0.15) is 0 Å². The SMILES string of the molecule is CCOP(=O)(NC(=O)NN1CCCCC1)OCC. The van der Waals surface area contributed by atoms with Gasteiger partial charge in [-0.2, -0.15) is 0 Å². The average molecular weight is 279 g/mol. The summed E-state index contributed by atoms with van der Waals surface area (Å²) in [5, 5.41) is 4.07. The van der Waals surface area contributed by atoms with Crippen LogP contribution in [0.5, 0.6) is 0 Å². The van der Waals surface area contributed by atoms with Gasteiger partial charge in [0.15, 0.2) is 0 Å². The van der Waals surface area contributed by atoms with Gasteiger partial charge in [0.25, 0.3) is 0 Å². The van der Waals surface area contributed by atoms with E-state index in [1.807, 2.05) is 0 Å². The van der Waals surface area contributed by atoms with Gasteiger partial charge >= 0.3 is 13.8 Å². The summed E-state index contributed by atoms with van der Waals surface area (Å²) in [6.07, 6.45) is 3.28. The molecule has 1 aliphatic rings. The lowest BCUT2D eigenvalue weighted by molar-refractivity contribution is 0.153. The number of rotatable bonds is 6. The summed E-state index contributed by atoms with van der Waals surface area (Å²) in [5.74, 6) is 0. The van der Waals surface area contributed by atoms with Crippen molar-refractivity contribution >= 4 is 13.8 Å². The zero-order valence-corrected chi connectivity index (χ0v) is 11.9. The van der Waals surface area contributed by atoms with Crippen molar-refractivity contribution in [1.82, 2.24) is 15.5 Å². The minimum atomic E-state index is -3.53. The number of urea groups is 1. The molecule has 0 spiro atoms. The van der Waals surface area contributed by atoms with Gasteiger partial charge in [-0.1, -0.05) is 6.42 Å². The van der Waals surface area contributed by atoms with E-state index in [1.165, 1.54) is 6.42 Å². The lowest BCUT2D eigenvalue weighted by Gasteiger charge is -2.27. The van der Waals surface area contributed by atoms with Crippen LogP contribution in [0, 0.1) is 0 Å². The van der Waals surface area contributed by atoms with E-state index in [0.717, 1.165) is 25.9 Å². The summed E-state index contributed by atoms with van der Waals surface area (Å²) in [7, 11) is -3.53. The van der Waals surface area contributed by atoms with E-state index < -0.39 is 13.8 Å². The van der Waals surface area contributed by atoms with Gasteiger partial charge in [-0.15, -0.1) is 0 Å². The summed E-state index contributed by atoms with van der Waals surface area (Å²) < 4.78 is 22.0. The lowest BCUT2D eigenvalue weighted by Crippen LogP contribution is -2.48. The van der Waals surface area contributed by atoms with E-state index in [0.29, 0.717) is 0 Å². The van der Waals surface area contributed by atoms with E-state index in [9.17, 15) is 9.36 Å². The quantitative estimate of drug-likeness (QED) is 0.725. The van der Waals surface area contributed by atoms with Gasteiger partial charge in [0.2, 0.25) is 0 Å². The predicted octanol–water partition coefficient (Wildman–Crippen LogP) is 1.87. The molecule has 1 aliphatic heterocycles. The van der Waals surface area contributed by atoms with Crippen molar-refractivity contribution < 1.29 is 18.4 Å². The molecule has 8 heteroatoms. The summed E-state index contributed by atoms with van der Waals surface area (Å²) in [6, 6.07) is -0.554. The van der Waals surface area contributed by atoms with Crippen LogP contribution >= 0.6 is 7.75 Å². The molecule has 7 nitrogen and oxygen atoms in total. The van der Waals surface area contributed by atoms with Crippen LogP contribution in [0.3, 0.4) is 0 Å². The molecule has 2 amide bonds. The van der Waals surface area contributed by atoms with Crippen molar-refractivity contribution in [2.24, 2.45) is 0 Å². The number of hydrogen-bond donors (Lipinski definition) is 2. The molecule has 18 heavy (non-hydrogen) atoms. The Balaban J connectivity index is 2.42. The predicted molar refractivity (Wildman–Crippen MR) is 67.9 cm³/mol. The highest BCUT2D eigenvalue weighted by molar-refractivity contribution is 7.52. The first-order chi connectivity index (χ1) is 8.59. The standard InChI is InChI=1S/C10H22N3O4P/c1-3-16-18(15,17-4-2)12-10(14)11-13-8-6-5-7-9-13/h3-9H2,1-2H3,(H2,11,12,14,15). The monoisotopic (exact) mass is 279 g/mol. The summed E-state index contributed by atoms with van der Waals surface area (Å²) in [5.41, 5.74) is 2.64. The van der Waals surface area contributed by atoms with Crippen molar-refractivity contribution in [3.63, 3.8) is 0 Å². The fraction of sp³-hybridized carbons (Fsp3) is 0.900. The van der Waals surface area contributed by atoms with E-state index >= 15 is 0 Å². The molecule has 0 aliphatic carbocycles. The summed E-state index contributed by atoms with van der Waals surface area (Å²) >= 11 is 0. The highest BCUT2D eigenvalue weighted by atomic mass is 31.2. The number of nitrogens with zero attached hydrogens (tertiary/aromatic N) is 1. The van der Waals surface area contributed by atoms with E-state index in [-0.39, 0.29) is 13.2 Å². The first-order valence-electron chi connectivity index (χ1n) is 6.32. The molecule has 0 aromatic rings. The van der Waals surface area contributed by atoms with Gasteiger partial charge in [-0.3, -0.25) is 14.5 Å². The molecule has 0 atom stereocenters. The average Bonchev–Trinajstić information content (AvgIpc) is 2.30. The number of carbonyl (C=O) groups is 1. The second-order valence-electron chi connectivity index (χ2n) is 3.93. The Kier molecular flexibility index (Phi) is 6.63. The molecular weight excluding hydrogens is 257 g/mol. The third-order valence-electron chi connectivity index (χ3n) is 2.45. The molecule has 0 saturated carbocycles. The third-order valence-corrected chi connectivity index (χ3v) is 4.13. The highest BCUT2D eigenvalue weighted by Crippen LogP contribution is 2.43. The van der Waals surface area contributed by atoms with Crippen LogP contribution in [-0.4, -0.2) is 37.3 Å². The maximum Gasteiger partial charge on any atom is 0.436 e. The Morgan fingerprint density at radius 1 is 1.17 bits per heavy atom. The first-order valence-corrected chi connectivity index (χ1v) is 7.87. The number of piperidine rings is 1. The number of carbonyl (C=O) groups excluding carboxylic acids is 1. The van der Waals surface area contributed by atoms with Crippen molar-refractivity contribution in [3.05, 3.63) is 0 Å². The molecule has 1 fully saturated rings. The molecule has 1 heterocycles. The van der Waals surface area contributed by atoms with Crippen LogP contribution in [0.1, 0.15) is 33.1 Å². The van der Waals surface area contributed by atoms with Gasteiger partial charge in [-0.25, -0.2) is 19.5 Å². The topological polar surface area (TPSA) is 79.9 Å². The molecular formula is C10H22N3O4P. The Morgan fingerprint density at radius 2 is 1.72 bits per heavy atom. The maximum atomic E-state index is 12.0. The van der Waals surface area contributed by atoms with Crippen molar-refractivity contribution in [1.29, 1.82) is 0 Å². The molecule has 0 bridgehead atoms. The highest BCUT2D eigenvalue weighted by Gasteiger charge is 2.27. The number of nitrogens with one attached hydrogen (secondary N) is 2. The largest absolute Gasteiger partial charge is 0.436 e. The fourth-order valence-electron chi connectivity index (χ4n) is 1.74. The molecule has 106 valence electrons. The summed E-state index contributed by atoms with van der Waals surface area (Å²) in [6.45, 7) is 5.41. The maximum absolute atomic E-state index is 12.0. The van der Waals surface area contributed by atoms with Gasteiger partial charge in [0, 0.05) is 13.1 Å². The van der Waals surface area contributed by atoms with Crippen molar-refractivity contribution in [2.45, 2.75) is 33.1 Å². The normalized spacial score (nSPS) is 17.4. The Hall–Kier alpha value is -0.620. The smallest absolute Gasteiger partial charge is 0.293 e. The van der Waals surface area contributed by atoms with Crippen molar-refractivity contribution in [2.75, 3.05) is 26.3 Å². The third kappa shape index (κ3) is 5.35. The van der Waals surface area contributed by atoms with E-state index in [4.69, 9.17) is 9.05 Å². The fourth-order valence-corrected chi connectivity index (χ4v) is 2.92. The van der Waals surface area contributed by atoms with Crippen LogP contribution in [-0.2, 0) is 13.6 Å². The molecule has 1 saturated heterocycles. The minimum absolute atomic E-state index is 0.210. The van der Waals surface area contributed by atoms with Crippen LogP contribution in [0.2, 0.25) is 0 Å². The Bertz CT molecular complexity index is 297. The zero-order valence-electron chi connectivity index (χ0n) is 11.0. The van der Waals surface area contributed by atoms with Crippen LogP contribution in [0.25, 0.3) is 0 Å². The van der Waals surface area contributed by atoms with Crippen LogP contribution in [0.4, 0.5) is 4.79 Å². The second kappa shape index (κ2) is 7.74. The molecule has 2 N–H and O–H groups in total. The van der Waals surface area contributed by atoms with Gasteiger partial charge in [0.05, 0.1) is 13.2 Å². The molecule has 1 rings (SSSR count). The zero-order chi connectivity index (χ0) is 13.4. The number of hydrazine groups is 1. The molecule has 0 unspecified atom stereocenters. The molecule has 0 radical (unpaired) electrons. The van der Waals surface area contributed by atoms with Crippen molar-refractivity contribution in [3.8, 4) is 0 Å². The minimum Gasteiger partial charge on any atom is -0.293 e. The molecule has 0 aromatic carbocycles. The summed E-state index contributed by atoms with van der Waals surface area (Å²) in [4.78, 5) is 11.7. The van der Waals surface area contributed by atoms with Gasteiger partial charge in [-0.05, 0) is 26.7 Å². The molecule has 0 aromatic heterocycles. The first kappa shape index (κ1) is 15.4. The number of amides is 2. The van der Waals surface area contributed by atoms with Crippen LogP contribution in [0.15, 0.2) is 0 Å². The van der Waals surface area contributed by atoms with Gasteiger partial charge < -0.3 is 0 Å². The Morgan fingerprint density at radius 3 is 2.22 bits per heavy atom. The number of hydrogen-bond acceptors (Lipinski definition) is 5. The van der Waals surface area contributed by atoms with E-state index in [2.05, 4.69) is 10.5 Å². The van der Waals surface area contributed by atoms with E-state index in [1.54, 1.807) is 18.9 Å².